The van der Waals surface area contributed by atoms with Crippen LogP contribution >= 0.6 is 0 Å². The molecule has 0 aliphatic heterocycles. The Labute approximate surface area is 115 Å². The van der Waals surface area contributed by atoms with Crippen molar-refractivity contribution in [3.05, 3.63) is 0 Å². The van der Waals surface area contributed by atoms with E-state index < -0.39 is 5.60 Å². The predicted octanol–water partition coefficient (Wildman–Crippen LogP) is 1.07. The molecule has 2 fully saturated rings. The normalized spacial score (nSPS) is 21.6. The Morgan fingerprint density at radius 3 is 2.58 bits per heavy atom. The topological polar surface area (TPSA) is 64.6 Å². The molecule has 2 rings (SSSR count). The van der Waals surface area contributed by atoms with Crippen LogP contribution in [0.15, 0.2) is 0 Å². The highest BCUT2D eigenvalue weighted by molar-refractivity contribution is 5.73. The second-order valence-corrected chi connectivity index (χ2v) is 5.90. The summed E-state index contributed by atoms with van der Waals surface area (Å²) >= 11 is 0. The van der Waals surface area contributed by atoms with Gasteiger partial charge in [-0.05, 0) is 32.2 Å². The molecule has 0 aromatic heterocycles. The molecule has 110 valence electrons. The lowest BCUT2D eigenvalue weighted by molar-refractivity contribution is 0.0501. The van der Waals surface area contributed by atoms with Gasteiger partial charge in [-0.3, -0.25) is 4.90 Å². The summed E-state index contributed by atoms with van der Waals surface area (Å²) in [5.74, 6) is 0. The Morgan fingerprint density at radius 1 is 1.32 bits per heavy atom. The average Bonchev–Trinajstić information content (AvgIpc) is 3.15. The van der Waals surface area contributed by atoms with Crippen molar-refractivity contribution in [2.75, 3.05) is 26.2 Å². The molecule has 5 heteroatoms. The number of carbonyl (C=O) groups excluding carboxylic acids is 1. The molecule has 0 aromatic carbocycles. The molecule has 2 aliphatic rings. The van der Waals surface area contributed by atoms with Gasteiger partial charge in [0.2, 0.25) is 0 Å². The fraction of sp³-hybridized carbons (Fsp3) is 0.929. The predicted molar refractivity (Wildman–Crippen MR) is 75.1 cm³/mol. The van der Waals surface area contributed by atoms with Gasteiger partial charge in [0.25, 0.3) is 0 Å². The Morgan fingerprint density at radius 2 is 2.00 bits per heavy atom. The van der Waals surface area contributed by atoms with E-state index in [2.05, 4.69) is 22.5 Å². The minimum absolute atomic E-state index is 0.160. The van der Waals surface area contributed by atoms with Crippen molar-refractivity contribution in [3.63, 3.8) is 0 Å². The SMILES string of the molecule is CCN(CCNC(=O)NCC1(O)CCCC1)C1CC1. The van der Waals surface area contributed by atoms with Gasteiger partial charge in [-0.2, -0.15) is 0 Å². The summed E-state index contributed by atoms with van der Waals surface area (Å²) < 4.78 is 0. The summed E-state index contributed by atoms with van der Waals surface area (Å²) in [6.07, 6.45) is 6.33. The smallest absolute Gasteiger partial charge is 0.314 e. The standard InChI is InChI=1S/C14H27N3O2/c1-2-17(12-5-6-12)10-9-15-13(18)16-11-14(19)7-3-4-8-14/h12,19H,2-11H2,1H3,(H2,15,16,18). The second-order valence-electron chi connectivity index (χ2n) is 5.90. The molecule has 0 unspecified atom stereocenters. The third-order valence-corrected chi connectivity index (χ3v) is 4.27. The van der Waals surface area contributed by atoms with Crippen LogP contribution in [0.25, 0.3) is 0 Å². The maximum absolute atomic E-state index is 11.6. The first-order chi connectivity index (χ1) is 9.13. The first-order valence-electron chi connectivity index (χ1n) is 7.61. The number of carbonyl (C=O) groups is 1. The molecule has 2 saturated carbocycles. The molecule has 0 bridgehead atoms. The molecule has 0 spiro atoms. The van der Waals surface area contributed by atoms with Crippen molar-refractivity contribution in [1.29, 1.82) is 0 Å². The van der Waals surface area contributed by atoms with Crippen LogP contribution in [0.2, 0.25) is 0 Å². The second kappa shape index (κ2) is 6.57. The third-order valence-electron chi connectivity index (χ3n) is 4.27. The van der Waals surface area contributed by atoms with Crippen LogP contribution in [-0.2, 0) is 0 Å². The quantitative estimate of drug-likeness (QED) is 0.648. The zero-order chi connectivity index (χ0) is 13.7. The molecule has 3 N–H and O–H groups in total. The summed E-state index contributed by atoms with van der Waals surface area (Å²) in [5.41, 5.74) is -0.666. The fourth-order valence-corrected chi connectivity index (χ4v) is 2.87. The van der Waals surface area contributed by atoms with Crippen LogP contribution in [0, 0.1) is 0 Å². The number of nitrogens with zero attached hydrogens (tertiary/aromatic N) is 1. The maximum Gasteiger partial charge on any atom is 0.314 e. The van der Waals surface area contributed by atoms with Crippen LogP contribution in [0.1, 0.15) is 45.4 Å². The summed E-state index contributed by atoms with van der Waals surface area (Å²) in [5, 5.41) is 15.8. The van der Waals surface area contributed by atoms with Crippen LogP contribution < -0.4 is 10.6 Å². The van der Waals surface area contributed by atoms with Gasteiger partial charge in [0, 0.05) is 25.7 Å². The number of nitrogens with one attached hydrogen (secondary N) is 2. The van der Waals surface area contributed by atoms with Gasteiger partial charge in [-0.25, -0.2) is 4.79 Å². The highest BCUT2D eigenvalue weighted by atomic mass is 16.3. The van der Waals surface area contributed by atoms with E-state index >= 15 is 0 Å². The van der Waals surface area contributed by atoms with E-state index in [0.29, 0.717) is 13.1 Å². The lowest BCUT2D eigenvalue weighted by atomic mass is 10.0. The number of amides is 2. The molecule has 0 atom stereocenters. The summed E-state index contributed by atoms with van der Waals surface area (Å²) in [4.78, 5) is 14.1. The molecule has 0 heterocycles. The number of likely N-dealkylation sites (N-methyl/N-ethyl adjacent to an activating group) is 1. The van der Waals surface area contributed by atoms with Crippen molar-refractivity contribution in [2.24, 2.45) is 0 Å². The lowest BCUT2D eigenvalue weighted by Crippen LogP contribution is -2.46. The molecule has 2 aliphatic carbocycles. The number of aliphatic hydroxyl groups is 1. The van der Waals surface area contributed by atoms with E-state index in [1.165, 1.54) is 12.8 Å². The summed E-state index contributed by atoms with van der Waals surface area (Å²) in [6, 6.07) is 0.584. The Balaban J connectivity index is 1.56. The van der Waals surface area contributed by atoms with Crippen LogP contribution in [-0.4, -0.2) is 53.9 Å². The van der Waals surface area contributed by atoms with E-state index in [-0.39, 0.29) is 6.03 Å². The molecule has 5 nitrogen and oxygen atoms in total. The minimum atomic E-state index is -0.666. The molecule has 0 saturated heterocycles. The van der Waals surface area contributed by atoms with Gasteiger partial charge in [0.1, 0.15) is 0 Å². The first kappa shape index (κ1) is 14.6. The highest BCUT2D eigenvalue weighted by Gasteiger charge is 2.31. The Kier molecular flexibility index (Phi) is 5.05. The fourth-order valence-electron chi connectivity index (χ4n) is 2.87. The van der Waals surface area contributed by atoms with E-state index in [0.717, 1.165) is 44.8 Å². The van der Waals surface area contributed by atoms with Crippen molar-refractivity contribution in [1.82, 2.24) is 15.5 Å². The number of hydrogen-bond donors (Lipinski definition) is 3. The van der Waals surface area contributed by atoms with E-state index in [1.54, 1.807) is 0 Å². The van der Waals surface area contributed by atoms with Gasteiger partial charge in [0.15, 0.2) is 0 Å². The van der Waals surface area contributed by atoms with Gasteiger partial charge in [-0.15, -0.1) is 0 Å². The molecular formula is C14H27N3O2. The minimum Gasteiger partial charge on any atom is -0.388 e. The number of hydrogen-bond acceptors (Lipinski definition) is 3. The third kappa shape index (κ3) is 4.66. The van der Waals surface area contributed by atoms with Crippen molar-refractivity contribution >= 4 is 6.03 Å². The van der Waals surface area contributed by atoms with Crippen molar-refractivity contribution in [3.8, 4) is 0 Å². The largest absolute Gasteiger partial charge is 0.388 e. The maximum atomic E-state index is 11.6. The van der Waals surface area contributed by atoms with E-state index in [1.807, 2.05) is 0 Å². The first-order valence-corrected chi connectivity index (χ1v) is 7.61. The molecule has 2 amide bonds. The molecule has 0 radical (unpaired) electrons. The number of urea groups is 1. The van der Waals surface area contributed by atoms with Gasteiger partial charge in [0.05, 0.1) is 5.60 Å². The van der Waals surface area contributed by atoms with Crippen molar-refractivity contribution < 1.29 is 9.90 Å². The average molecular weight is 269 g/mol. The van der Waals surface area contributed by atoms with Crippen LogP contribution in [0.4, 0.5) is 4.79 Å². The zero-order valence-electron chi connectivity index (χ0n) is 12.0. The Hall–Kier alpha value is -0.810. The van der Waals surface area contributed by atoms with E-state index in [9.17, 15) is 9.90 Å². The number of rotatable bonds is 7. The van der Waals surface area contributed by atoms with Crippen molar-refractivity contribution in [2.45, 2.75) is 57.1 Å². The van der Waals surface area contributed by atoms with Gasteiger partial charge >= 0.3 is 6.03 Å². The van der Waals surface area contributed by atoms with Gasteiger partial charge in [-0.1, -0.05) is 19.8 Å². The molecule has 0 aromatic rings. The zero-order valence-corrected chi connectivity index (χ0v) is 12.0. The monoisotopic (exact) mass is 269 g/mol. The summed E-state index contributed by atoms with van der Waals surface area (Å²) in [7, 11) is 0. The highest BCUT2D eigenvalue weighted by Crippen LogP contribution is 2.28. The molecule has 19 heavy (non-hydrogen) atoms. The van der Waals surface area contributed by atoms with Gasteiger partial charge < -0.3 is 15.7 Å². The van der Waals surface area contributed by atoms with Crippen LogP contribution in [0.3, 0.4) is 0 Å². The Bertz CT molecular complexity index is 299. The lowest BCUT2D eigenvalue weighted by Gasteiger charge is -2.23. The summed E-state index contributed by atoms with van der Waals surface area (Å²) in [6.45, 7) is 5.17. The van der Waals surface area contributed by atoms with E-state index in [4.69, 9.17) is 0 Å². The molecular weight excluding hydrogens is 242 g/mol. The van der Waals surface area contributed by atoms with Crippen LogP contribution in [0.5, 0.6) is 0 Å².